The van der Waals surface area contributed by atoms with Crippen molar-refractivity contribution in [3.05, 3.63) is 21.8 Å². The Kier molecular flexibility index (Phi) is 7.02. The molecule has 0 unspecified atom stereocenters. The number of hydrogen-bond donors (Lipinski definition) is 1. The van der Waals surface area contributed by atoms with Crippen LogP contribution in [0.4, 0.5) is 10.6 Å². The third kappa shape index (κ3) is 5.51. The number of hydrogen-bond acceptors (Lipinski definition) is 6. The van der Waals surface area contributed by atoms with E-state index in [1.54, 1.807) is 32.7 Å². The number of halogens is 1. The molecular formula is C17H22ClN5O2. The molecule has 0 aliphatic heterocycles. The molecule has 1 aromatic rings. The van der Waals surface area contributed by atoms with Crippen LogP contribution in [0.1, 0.15) is 44.4 Å². The molecule has 1 aromatic heterocycles. The molecule has 1 N–H and O–H groups in total. The Morgan fingerprint density at radius 2 is 1.92 bits per heavy atom. The maximum absolute atomic E-state index is 11.7. The summed E-state index contributed by atoms with van der Waals surface area (Å²) in [5.74, 6) is 0.384. The van der Waals surface area contributed by atoms with Crippen molar-refractivity contribution >= 4 is 23.5 Å². The molecule has 0 saturated carbocycles. The summed E-state index contributed by atoms with van der Waals surface area (Å²) < 4.78 is 5.16. The molecule has 7 nitrogen and oxygen atoms in total. The van der Waals surface area contributed by atoms with Gasteiger partial charge >= 0.3 is 6.09 Å². The summed E-state index contributed by atoms with van der Waals surface area (Å²) in [5, 5.41) is 21.4. The number of rotatable bonds is 5. The van der Waals surface area contributed by atoms with E-state index in [9.17, 15) is 15.3 Å². The van der Waals surface area contributed by atoms with Crippen LogP contribution < -0.4 is 10.2 Å². The summed E-state index contributed by atoms with van der Waals surface area (Å²) >= 11 is 6.08. The highest BCUT2D eigenvalue weighted by Gasteiger charge is 2.20. The summed E-state index contributed by atoms with van der Waals surface area (Å²) in [6, 6.07) is 4.10. The second-order valence-corrected chi connectivity index (χ2v) is 6.74. The molecular weight excluding hydrogens is 342 g/mol. The molecule has 0 saturated heterocycles. The monoisotopic (exact) mass is 363 g/mol. The third-order valence-corrected chi connectivity index (χ3v) is 3.57. The van der Waals surface area contributed by atoms with E-state index in [1.807, 2.05) is 13.0 Å². The van der Waals surface area contributed by atoms with Gasteiger partial charge < -0.3 is 15.0 Å². The Bertz CT molecular complexity index is 729. The van der Waals surface area contributed by atoms with Gasteiger partial charge in [-0.25, -0.2) is 9.78 Å². The Labute approximate surface area is 153 Å². The lowest BCUT2D eigenvalue weighted by molar-refractivity contribution is 0.0529. The van der Waals surface area contributed by atoms with Gasteiger partial charge in [0, 0.05) is 20.1 Å². The van der Waals surface area contributed by atoms with Crippen molar-refractivity contribution in [1.82, 2.24) is 10.3 Å². The quantitative estimate of drug-likeness (QED) is 0.807. The highest BCUT2D eigenvalue weighted by Crippen LogP contribution is 2.28. The molecule has 0 radical (unpaired) electrons. The molecule has 0 aliphatic rings. The molecule has 0 aliphatic carbocycles. The minimum Gasteiger partial charge on any atom is -0.444 e. The summed E-state index contributed by atoms with van der Waals surface area (Å²) in [5.41, 5.74) is 0.558. The van der Waals surface area contributed by atoms with Crippen LogP contribution in [-0.2, 0) is 11.2 Å². The molecule has 8 heteroatoms. The zero-order valence-corrected chi connectivity index (χ0v) is 15.9. The number of nitriles is 2. The number of carbonyl (C=O) groups excluding carboxylic acids is 1. The molecule has 0 atom stereocenters. The van der Waals surface area contributed by atoms with Crippen LogP contribution in [0.2, 0.25) is 5.15 Å². The second kappa shape index (κ2) is 8.55. The van der Waals surface area contributed by atoms with E-state index in [1.165, 1.54) is 0 Å². The average molecular weight is 364 g/mol. The van der Waals surface area contributed by atoms with Gasteiger partial charge in [-0.2, -0.15) is 10.5 Å². The largest absolute Gasteiger partial charge is 0.444 e. The highest BCUT2D eigenvalue weighted by molar-refractivity contribution is 6.30. The van der Waals surface area contributed by atoms with Crippen molar-refractivity contribution in [2.24, 2.45) is 0 Å². The second-order valence-electron chi connectivity index (χ2n) is 6.38. The van der Waals surface area contributed by atoms with Crippen LogP contribution in [0.15, 0.2) is 0 Å². The average Bonchev–Trinajstić information content (AvgIpc) is 2.51. The number of alkyl carbamates (subject to hydrolysis) is 1. The first-order chi connectivity index (χ1) is 11.6. The molecule has 1 amide bonds. The number of amides is 1. The third-order valence-electron chi connectivity index (χ3n) is 3.29. The zero-order valence-electron chi connectivity index (χ0n) is 15.1. The highest BCUT2D eigenvalue weighted by atomic mass is 35.5. The zero-order chi connectivity index (χ0) is 19.2. The summed E-state index contributed by atoms with van der Waals surface area (Å²) in [4.78, 5) is 17.6. The Morgan fingerprint density at radius 3 is 2.40 bits per heavy atom. The van der Waals surface area contributed by atoms with E-state index in [2.05, 4.69) is 16.4 Å². The number of carbonyl (C=O) groups is 1. The standard InChI is InChI=1S/C17H22ClN5O2/c1-6-11-12(9-19)14(18)22-15(13(11)10-20)23(5)8-7-21-16(24)25-17(2,3)4/h6-8H2,1-5H3,(H,21,24). The summed E-state index contributed by atoms with van der Waals surface area (Å²) in [6.07, 6.45) is -0.0214. The van der Waals surface area contributed by atoms with E-state index in [0.717, 1.165) is 0 Å². The number of aromatic nitrogens is 1. The van der Waals surface area contributed by atoms with Crippen LogP contribution in [0.5, 0.6) is 0 Å². The molecule has 1 heterocycles. The van der Waals surface area contributed by atoms with Gasteiger partial charge in [0.25, 0.3) is 0 Å². The first kappa shape index (κ1) is 20.5. The van der Waals surface area contributed by atoms with E-state index < -0.39 is 11.7 Å². The van der Waals surface area contributed by atoms with Gasteiger partial charge in [0.05, 0.1) is 11.1 Å². The number of pyridine rings is 1. The molecule has 0 fully saturated rings. The number of anilines is 1. The summed E-state index contributed by atoms with van der Waals surface area (Å²) in [6.45, 7) is 7.90. The fraction of sp³-hybridized carbons (Fsp3) is 0.529. The van der Waals surface area contributed by atoms with Crippen LogP contribution in [0, 0.1) is 22.7 Å². The minimum atomic E-state index is -0.567. The minimum absolute atomic E-state index is 0.0697. The maximum Gasteiger partial charge on any atom is 0.407 e. The van der Waals surface area contributed by atoms with Crippen LogP contribution in [-0.4, -0.2) is 36.8 Å². The number of nitrogens with zero attached hydrogens (tertiary/aromatic N) is 4. The van der Waals surface area contributed by atoms with E-state index in [-0.39, 0.29) is 10.7 Å². The van der Waals surface area contributed by atoms with Crippen molar-refractivity contribution in [1.29, 1.82) is 10.5 Å². The van der Waals surface area contributed by atoms with Crippen LogP contribution >= 0.6 is 11.6 Å². The van der Waals surface area contributed by atoms with E-state index in [4.69, 9.17) is 16.3 Å². The van der Waals surface area contributed by atoms with Crippen molar-refractivity contribution in [3.63, 3.8) is 0 Å². The predicted molar refractivity (Wildman–Crippen MR) is 95.6 cm³/mol. The summed E-state index contributed by atoms with van der Waals surface area (Å²) in [7, 11) is 1.74. The maximum atomic E-state index is 11.7. The fourth-order valence-electron chi connectivity index (χ4n) is 2.20. The van der Waals surface area contributed by atoms with Crippen molar-refractivity contribution in [2.45, 2.75) is 39.7 Å². The van der Waals surface area contributed by atoms with Gasteiger partial charge in [-0.3, -0.25) is 0 Å². The van der Waals surface area contributed by atoms with E-state index in [0.29, 0.717) is 36.5 Å². The van der Waals surface area contributed by atoms with Crippen molar-refractivity contribution in [2.75, 3.05) is 25.0 Å². The topological polar surface area (TPSA) is 102 Å². The fourth-order valence-corrected chi connectivity index (χ4v) is 2.43. The van der Waals surface area contributed by atoms with E-state index >= 15 is 0 Å². The lowest BCUT2D eigenvalue weighted by Gasteiger charge is -2.23. The first-order valence-corrected chi connectivity index (χ1v) is 8.23. The van der Waals surface area contributed by atoms with Gasteiger partial charge in [0.15, 0.2) is 0 Å². The van der Waals surface area contributed by atoms with Crippen molar-refractivity contribution in [3.8, 4) is 12.1 Å². The van der Waals surface area contributed by atoms with Gasteiger partial charge in [0.1, 0.15) is 28.7 Å². The number of nitrogens with one attached hydrogen (secondary N) is 1. The molecule has 0 bridgehead atoms. The molecule has 25 heavy (non-hydrogen) atoms. The van der Waals surface area contributed by atoms with Gasteiger partial charge in [-0.15, -0.1) is 0 Å². The normalized spacial score (nSPS) is 10.6. The molecule has 134 valence electrons. The number of likely N-dealkylation sites (N-methyl/N-ethyl adjacent to an activating group) is 1. The van der Waals surface area contributed by atoms with Crippen molar-refractivity contribution < 1.29 is 9.53 Å². The Balaban J connectivity index is 2.91. The van der Waals surface area contributed by atoms with Gasteiger partial charge in [-0.05, 0) is 32.8 Å². The molecule has 1 rings (SSSR count). The lowest BCUT2D eigenvalue weighted by Crippen LogP contribution is -2.37. The SMILES string of the molecule is CCc1c(C#N)c(Cl)nc(N(C)CCNC(=O)OC(C)(C)C)c1C#N. The van der Waals surface area contributed by atoms with Gasteiger partial charge in [-0.1, -0.05) is 18.5 Å². The van der Waals surface area contributed by atoms with Crippen LogP contribution in [0.3, 0.4) is 0 Å². The molecule has 0 aromatic carbocycles. The predicted octanol–water partition coefficient (Wildman–Crippen LogP) is 3.00. The smallest absolute Gasteiger partial charge is 0.407 e. The number of ether oxygens (including phenoxy) is 1. The van der Waals surface area contributed by atoms with Gasteiger partial charge in [0.2, 0.25) is 0 Å². The Hall–Kier alpha value is -2.51. The van der Waals surface area contributed by atoms with Crippen LogP contribution in [0.25, 0.3) is 0 Å². The lowest BCUT2D eigenvalue weighted by atomic mass is 10.0. The molecule has 0 spiro atoms. The Morgan fingerprint density at radius 1 is 1.32 bits per heavy atom. The first-order valence-electron chi connectivity index (χ1n) is 7.85.